The summed E-state index contributed by atoms with van der Waals surface area (Å²) in [5.41, 5.74) is 0. The van der Waals surface area contributed by atoms with Gasteiger partial charge in [0.2, 0.25) is 29.1 Å². The maximum atomic E-state index is 13.0. The maximum Gasteiger partial charge on any atom is 0.206 e. The highest BCUT2D eigenvalue weighted by molar-refractivity contribution is 6.17. The van der Waals surface area contributed by atoms with Gasteiger partial charge >= 0.3 is 0 Å². The van der Waals surface area contributed by atoms with Gasteiger partial charge in [-0.05, 0) is 12.8 Å². The molecule has 0 unspecified atom stereocenters. The molecule has 1 aromatic rings. The molecule has 1 nitrogen and oxygen atoms in total. The van der Waals surface area contributed by atoms with Gasteiger partial charge in [0, 0.05) is 5.88 Å². The average Bonchev–Trinajstić information content (AvgIpc) is 2.33. The van der Waals surface area contributed by atoms with Crippen molar-refractivity contribution < 1.29 is 26.7 Å². The Labute approximate surface area is 99.1 Å². The van der Waals surface area contributed by atoms with Gasteiger partial charge in [0.15, 0.2) is 5.75 Å². The molecule has 0 aliphatic heterocycles. The van der Waals surface area contributed by atoms with Gasteiger partial charge in [0.1, 0.15) is 0 Å². The smallest absolute Gasteiger partial charge is 0.206 e. The zero-order valence-electron chi connectivity index (χ0n) is 8.50. The summed E-state index contributed by atoms with van der Waals surface area (Å²) in [7, 11) is 0. The Morgan fingerprint density at radius 3 is 1.71 bits per heavy atom. The van der Waals surface area contributed by atoms with Crippen molar-refractivity contribution in [2.45, 2.75) is 12.8 Å². The largest absolute Gasteiger partial charge is 0.487 e. The fraction of sp³-hybridized carbons (Fsp3) is 0.400. The van der Waals surface area contributed by atoms with E-state index in [4.69, 9.17) is 11.6 Å². The highest BCUT2D eigenvalue weighted by Gasteiger charge is 2.26. The summed E-state index contributed by atoms with van der Waals surface area (Å²) in [6, 6.07) is 0. The third-order valence-electron chi connectivity index (χ3n) is 1.94. The van der Waals surface area contributed by atoms with Crippen molar-refractivity contribution in [3.05, 3.63) is 29.1 Å². The molecule has 0 N–H and O–H groups in total. The number of benzene rings is 1. The fourth-order valence-electron chi connectivity index (χ4n) is 1.08. The molecule has 0 aliphatic rings. The van der Waals surface area contributed by atoms with Crippen LogP contribution in [0.5, 0.6) is 5.75 Å². The van der Waals surface area contributed by atoms with Crippen LogP contribution in [0.15, 0.2) is 0 Å². The monoisotopic (exact) mass is 274 g/mol. The van der Waals surface area contributed by atoms with Gasteiger partial charge in [-0.15, -0.1) is 11.6 Å². The first kappa shape index (κ1) is 14.0. The van der Waals surface area contributed by atoms with Crippen molar-refractivity contribution in [3.8, 4) is 5.75 Å². The van der Waals surface area contributed by atoms with Gasteiger partial charge in [-0.3, -0.25) is 0 Å². The maximum absolute atomic E-state index is 13.0. The van der Waals surface area contributed by atoms with Gasteiger partial charge in [-0.2, -0.15) is 8.78 Å². The van der Waals surface area contributed by atoms with Crippen LogP contribution in [0.1, 0.15) is 12.8 Å². The van der Waals surface area contributed by atoms with Gasteiger partial charge in [-0.25, -0.2) is 13.2 Å². The summed E-state index contributed by atoms with van der Waals surface area (Å²) in [6.07, 6.45) is 0.861. The minimum Gasteiger partial charge on any atom is -0.487 e. The van der Waals surface area contributed by atoms with E-state index in [1.807, 2.05) is 0 Å². The van der Waals surface area contributed by atoms with Crippen molar-refractivity contribution in [3.63, 3.8) is 0 Å². The molecule has 1 aromatic carbocycles. The second-order valence-electron chi connectivity index (χ2n) is 3.14. The Kier molecular flexibility index (Phi) is 4.99. The highest BCUT2D eigenvalue weighted by atomic mass is 35.5. The minimum atomic E-state index is -2.20. The number of unbranched alkanes of at least 4 members (excludes halogenated alkanes) is 1. The first-order chi connectivity index (χ1) is 8.00. The Morgan fingerprint density at radius 2 is 1.24 bits per heavy atom. The highest BCUT2D eigenvalue weighted by Crippen LogP contribution is 2.29. The SMILES string of the molecule is Fc1c(F)c(F)c(OCCCCCl)c(F)c1F. The lowest BCUT2D eigenvalue weighted by atomic mass is 10.2. The van der Waals surface area contributed by atoms with Crippen molar-refractivity contribution in [2.75, 3.05) is 12.5 Å². The summed E-state index contributed by atoms with van der Waals surface area (Å²) < 4.78 is 68.7. The van der Waals surface area contributed by atoms with Crippen LogP contribution in [0, 0.1) is 29.1 Å². The van der Waals surface area contributed by atoms with E-state index in [0.29, 0.717) is 18.7 Å². The number of alkyl halides is 1. The van der Waals surface area contributed by atoms with Crippen LogP contribution in [0.4, 0.5) is 22.0 Å². The first-order valence-electron chi connectivity index (χ1n) is 4.70. The molecular weight excluding hydrogens is 267 g/mol. The predicted octanol–water partition coefficient (Wildman–Crippen LogP) is 3.78. The normalized spacial score (nSPS) is 10.7. The molecule has 0 atom stereocenters. The topological polar surface area (TPSA) is 9.23 Å². The van der Waals surface area contributed by atoms with E-state index in [-0.39, 0.29) is 6.61 Å². The Balaban J connectivity index is 2.92. The molecule has 96 valence electrons. The molecule has 0 saturated carbocycles. The lowest BCUT2D eigenvalue weighted by Gasteiger charge is -2.09. The number of rotatable bonds is 5. The molecule has 0 bridgehead atoms. The predicted molar refractivity (Wildman–Crippen MR) is 51.7 cm³/mol. The fourth-order valence-corrected chi connectivity index (χ4v) is 1.27. The van der Waals surface area contributed by atoms with E-state index in [1.165, 1.54) is 0 Å². The Hall–Kier alpha value is -1.04. The molecule has 0 saturated heterocycles. The van der Waals surface area contributed by atoms with Gasteiger partial charge in [0.25, 0.3) is 0 Å². The van der Waals surface area contributed by atoms with Crippen LogP contribution in [-0.2, 0) is 0 Å². The summed E-state index contributed by atoms with van der Waals surface area (Å²) >= 11 is 5.34. The summed E-state index contributed by atoms with van der Waals surface area (Å²) in [6.45, 7) is -0.176. The zero-order chi connectivity index (χ0) is 13.0. The number of hydrogen-bond donors (Lipinski definition) is 0. The van der Waals surface area contributed by atoms with Crippen molar-refractivity contribution in [1.29, 1.82) is 0 Å². The summed E-state index contributed by atoms with van der Waals surface area (Å²) in [5, 5.41) is 0. The lowest BCUT2D eigenvalue weighted by Crippen LogP contribution is -2.08. The lowest BCUT2D eigenvalue weighted by molar-refractivity contribution is 0.258. The minimum absolute atomic E-state index is 0.176. The molecule has 0 spiro atoms. The molecule has 17 heavy (non-hydrogen) atoms. The van der Waals surface area contributed by atoms with Gasteiger partial charge in [-0.1, -0.05) is 0 Å². The van der Waals surface area contributed by atoms with Crippen LogP contribution >= 0.6 is 11.6 Å². The van der Waals surface area contributed by atoms with Gasteiger partial charge in [0.05, 0.1) is 6.61 Å². The number of ether oxygens (including phenoxy) is 1. The number of hydrogen-bond acceptors (Lipinski definition) is 1. The van der Waals surface area contributed by atoms with Crippen LogP contribution in [0.25, 0.3) is 0 Å². The zero-order valence-corrected chi connectivity index (χ0v) is 9.26. The van der Waals surface area contributed by atoms with E-state index in [1.54, 1.807) is 0 Å². The van der Waals surface area contributed by atoms with E-state index < -0.39 is 34.8 Å². The van der Waals surface area contributed by atoms with Crippen LogP contribution in [0.3, 0.4) is 0 Å². The summed E-state index contributed by atoms with van der Waals surface area (Å²) in [5.74, 6) is -11.1. The quantitative estimate of drug-likeness (QED) is 0.261. The molecule has 7 heteroatoms. The average molecular weight is 275 g/mol. The van der Waals surface area contributed by atoms with Crippen molar-refractivity contribution >= 4 is 11.6 Å². The second-order valence-corrected chi connectivity index (χ2v) is 3.52. The molecule has 0 radical (unpaired) electrons. The van der Waals surface area contributed by atoms with Crippen molar-refractivity contribution in [1.82, 2.24) is 0 Å². The Bertz CT molecular complexity index is 381. The van der Waals surface area contributed by atoms with Crippen LogP contribution in [0.2, 0.25) is 0 Å². The Morgan fingerprint density at radius 1 is 0.765 bits per heavy atom. The number of halogens is 6. The molecule has 0 aromatic heterocycles. The third kappa shape index (κ3) is 3.00. The molecule has 0 aliphatic carbocycles. The van der Waals surface area contributed by atoms with E-state index >= 15 is 0 Å². The molecule has 0 fully saturated rings. The standard InChI is InChI=1S/C10H8ClF5O/c11-3-1-2-4-17-10-8(15)6(13)5(12)7(14)9(10)16/h1-4H2. The van der Waals surface area contributed by atoms with E-state index in [2.05, 4.69) is 4.74 Å². The molecule has 0 heterocycles. The van der Waals surface area contributed by atoms with Gasteiger partial charge < -0.3 is 4.74 Å². The third-order valence-corrected chi connectivity index (χ3v) is 2.21. The van der Waals surface area contributed by atoms with E-state index in [9.17, 15) is 22.0 Å². The molecular formula is C10H8ClF5O. The van der Waals surface area contributed by atoms with Crippen LogP contribution < -0.4 is 4.74 Å². The second kappa shape index (κ2) is 6.05. The molecule has 0 amide bonds. The first-order valence-corrected chi connectivity index (χ1v) is 5.24. The summed E-state index contributed by atoms with van der Waals surface area (Å²) in [4.78, 5) is 0. The van der Waals surface area contributed by atoms with E-state index in [0.717, 1.165) is 0 Å². The van der Waals surface area contributed by atoms with Crippen molar-refractivity contribution in [2.24, 2.45) is 0 Å². The molecule has 1 rings (SSSR count). The van der Waals surface area contributed by atoms with Crippen LogP contribution in [-0.4, -0.2) is 12.5 Å².